The van der Waals surface area contributed by atoms with E-state index < -0.39 is 48.8 Å². The second-order valence-electron chi connectivity index (χ2n) is 11.7. The van der Waals surface area contributed by atoms with Gasteiger partial charge in [-0.2, -0.15) is 18.3 Å². The van der Waals surface area contributed by atoms with E-state index in [4.69, 9.17) is 4.98 Å². The monoisotopic (exact) mass is 594 g/mol. The molecule has 3 aromatic rings. The van der Waals surface area contributed by atoms with E-state index in [0.717, 1.165) is 24.8 Å². The second-order valence-corrected chi connectivity index (χ2v) is 11.7. The summed E-state index contributed by atoms with van der Waals surface area (Å²) in [7, 11) is 1.63. The van der Waals surface area contributed by atoms with Crippen LogP contribution in [0.25, 0.3) is 11.0 Å². The highest BCUT2D eigenvalue weighted by Gasteiger charge is 2.40. The fourth-order valence-corrected chi connectivity index (χ4v) is 5.89. The second kappa shape index (κ2) is 12.0. The maximum Gasteiger partial charge on any atom is 0.389 e. The molecule has 2 aliphatic carbocycles. The molecule has 0 radical (unpaired) electrons. The first-order valence-electron chi connectivity index (χ1n) is 14.4. The molecule has 2 saturated carbocycles. The third-order valence-corrected chi connectivity index (χ3v) is 8.56. The van der Waals surface area contributed by atoms with E-state index in [9.17, 15) is 31.5 Å². The van der Waals surface area contributed by atoms with Gasteiger partial charge in [0.2, 0.25) is 11.8 Å². The van der Waals surface area contributed by atoms with Crippen LogP contribution in [0.15, 0.2) is 30.5 Å². The Hall–Kier alpha value is -3.51. The molecule has 42 heavy (non-hydrogen) atoms. The Morgan fingerprint density at radius 1 is 1.12 bits per heavy atom. The number of fused-ring (bicyclic) bond motifs is 1. The predicted octanol–water partition coefficient (Wildman–Crippen LogP) is 6.28. The van der Waals surface area contributed by atoms with Crippen LogP contribution < -0.4 is 10.6 Å². The number of halogens is 5. The van der Waals surface area contributed by atoms with Gasteiger partial charge in [0.1, 0.15) is 11.5 Å². The molecule has 2 heterocycles. The van der Waals surface area contributed by atoms with Gasteiger partial charge in [-0.3, -0.25) is 14.3 Å². The summed E-state index contributed by atoms with van der Waals surface area (Å²) in [6.07, 6.45) is -1.19. The number of imidazole rings is 1. The van der Waals surface area contributed by atoms with Crippen molar-refractivity contribution in [2.75, 3.05) is 0 Å². The summed E-state index contributed by atoms with van der Waals surface area (Å²) in [6.45, 7) is 0. The van der Waals surface area contributed by atoms with Gasteiger partial charge in [0.15, 0.2) is 0 Å². The van der Waals surface area contributed by atoms with Crippen LogP contribution in [0.1, 0.15) is 98.2 Å². The number of rotatable bonds is 10. The van der Waals surface area contributed by atoms with Gasteiger partial charge < -0.3 is 15.6 Å². The normalized spacial score (nSPS) is 19.3. The van der Waals surface area contributed by atoms with Crippen LogP contribution in [-0.2, 0) is 11.8 Å². The topological polar surface area (TPSA) is 105 Å². The minimum Gasteiger partial charge on any atom is -0.349 e. The number of aryl methyl sites for hydroxylation is 1. The zero-order chi connectivity index (χ0) is 30.1. The quantitative estimate of drug-likeness (QED) is 0.240. The molecule has 2 fully saturated rings. The van der Waals surface area contributed by atoms with E-state index in [1.54, 1.807) is 25.2 Å². The molecule has 8 nitrogen and oxygen atoms in total. The van der Waals surface area contributed by atoms with Crippen molar-refractivity contribution in [3.05, 3.63) is 47.5 Å². The SMILES string of the molecule is Cn1nccc1C(=O)N[C@H](c1nc2cc([C@@H](CC3CCC3)NC(=O)CCC(F)(F)F)ccc2[nH]1)C1CCC(F)(F)CC1. The highest BCUT2D eigenvalue weighted by molar-refractivity contribution is 5.92. The summed E-state index contributed by atoms with van der Waals surface area (Å²) in [5.41, 5.74) is 2.24. The summed E-state index contributed by atoms with van der Waals surface area (Å²) in [6, 6.07) is 5.82. The van der Waals surface area contributed by atoms with Gasteiger partial charge in [0.05, 0.1) is 29.5 Å². The van der Waals surface area contributed by atoms with Crippen molar-refractivity contribution in [1.29, 1.82) is 0 Å². The van der Waals surface area contributed by atoms with Gasteiger partial charge in [-0.05, 0) is 54.9 Å². The van der Waals surface area contributed by atoms with Gasteiger partial charge in [-0.15, -0.1) is 0 Å². The molecule has 0 spiro atoms. The smallest absolute Gasteiger partial charge is 0.349 e. The van der Waals surface area contributed by atoms with Crippen LogP contribution in [0.3, 0.4) is 0 Å². The molecule has 2 aromatic heterocycles. The summed E-state index contributed by atoms with van der Waals surface area (Å²) in [5, 5.41) is 9.80. The summed E-state index contributed by atoms with van der Waals surface area (Å²) >= 11 is 0. The lowest BCUT2D eigenvalue weighted by atomic mass is 9.79. The summed E-state index contributed by atoms with van der Waals surface area (Å²) in [4.78, 5) is 33.5. The number of aromatic nitrogens is 4. The molecule has 2 amide bonds. The van der Waals surface area contributed by atoms with Crippen LogP contribution >= 0.6 is 0 Å². The van der Waals surface area contributed by atoms with Gasteiger partial charge in [0, 0.05) is 32.5 Å². The molecular formula is C29H35F5N6O2. The van der Waals surface area contributed by atoms with Crippen molar-refractivity contribution in [3.8, 4) is 0 Å². The molecule has 3 N–H and O–H groups in total. The summed E-state index contributed by atoms with van der Waals surface area (Å²) < 4.78 is 67.4. The number of carbonyl (C=O) groups excluding carboxylic acids is 2. The van der Waals surface area contributed by atoms with E-state index in [1.807, 2.05) is 6.07 Å². The Labute approximate surface area is 239 Å². The number of hydrogen-bond donors (Lipinski definition) is 3. The van der Waals surface area contributed by atoms with Crippen LogP contribution in [0.5, 0.6) is 0 Å². The standard InChI is InChI=1S/C29H35F5N6O2/c1-40-23(10-14-35-40)27(42)39-25(18-7-11-28(30,31)12-8-18)26-37-20-6-5-19(16-22(20)38-26)21(15-17-3-2-4-17)36-24(41)9-13-29(32,33)34/h5-6,10,14,16-18,21,25H,2-4,7-9,11-13,15H2,1H3,(H,36,41)(H,37,38)(H,39,42)/t21-,25+/m1/s1. The first-order chi connectivity index (χ1) is 19.9. The highest BCUT2D eigenvalue weighted by atomic mass is 19.4. The maximum atomic E-state index is 14.0. The van der Waals surface area contributed by atoms with Crippen molar-refractivity contribution in [1.82, 2.24) is 30.4 Å². The Morgan fingerprint density at radius 2 is 1.86 bits per heavy atom. The lowest BCUT2D eigenvalue weighted by Gasteiger charge is -2.33. The van der Waals surface area contributed by atoms with Gasteiger partial charge in [-0.25, -0.2) is 13.8 Å². The molecule has 0 unspecified atom stereocenters. The lowest BCUT2D eigenvalue weighted by molar-refractivity contribution is -0.144. The predicted molar refractivity (Wildman–Crippen MR) is 145 cm³/mol. The zero-order valence-electron chi connectivity index (χ0n) is 23.3. The first-order valence-corrected chi connectivity index (χ1v) is 14.4. The number of alkyl halides is 5. The number of H-pyrrole nitrogens is 1. The number of carbonyl (C=O) groups is 2. The van der Waals surface area contributed by atoms with Gasteiger partial charge in [-0.1, -0.05) is 25.3 Å². The summed E-state index contributed by atoms with van der Waals surface area (Å²) in [5.74, 6) is -3.28. The number of nitrogens with zero attached hydrogens (tertiary/aromatic N) is 3. The molecule has 0 aliphatic heterocycles. The van der Waals surface area contributed by atoms with Crippen LogP contribution in [0.4, 0.5) is 22.0 Å². The van der Waals surface area contributed by atoms with Crippen LogP contribution in [0, 0.1) is 11.8 Å². The number of nitrogens with one attached hydrogen (secondary N) is 3. The van der Waals surface area contributed by atoms with Crippen molar-refractivity contribution >= 4 is 22.8 Å². The van der Waals surface area contributed by atoms with E-state index in [2.05, 4.69) is 20.7 Å². The number of hydrogen-bond acceptors (Lipinski definition) is 4. The molecule has 5 rings (SSSR count). The average Bonchev–Trinajstić information content (AvgIpc) is 3.52. The average molecular weight is 595 g/mol. The fraction of sp³-hybridized carbons (Fsp3) is 0.586. The first kappa shape index (κ1) is 30.0. The van der Waals surface area contributed by atoms with E-state index >= 15 is 0 Å². The Balaban J connectivity index is 1.40. The Kier molecular flexibility index (Phi) is 8.56. The van der Waals surface area contributed by atoms with Crippen molar-refractivity contribution in [2.45, 2.75) is 88.4 Å². The van der Waals surface area contributed by atoms with Crippen LogP contribution in [-0.4, -0.2) is 43.7 Å². The molecular weight excluding hydrogens is 559 g/mol. The molecule has 13 heteroatoms. The third-order valence-electron chi connectivity index (χ3n) is 8.56. The van der Waals surface area contributed by atoms with Crippen molar-refractivity contribution < 1.29 is 31.5 Å². The van der Waals surface area contributed by atoms with E-state index in [-0.39, 0.29) is 31.6 Å². The third kappa shape index (κ3) is 7.27. The fourth-order valence-electron chi connectivity index (χ4n) is 5.89. The number of amides is 2. The van der Waals surface area contributed by atoms with E-state index in [1.165, 1.54) is 10.9 Å². The maximum absolute atomic E-state index is 14.0. The highest BCUT2D eigenvalue weighted by Crippen LogP contribution is 2.41. The zero-order valence-corrected chi connectivity index (χ0v) is 23.3. The lowest BCUT2D eigenvalue weighted by Crippen LogP contribution is -2.38. The molecule has 2 aliphatic rings. The van der Waals surface area contributed by atoms with Crippen molar-refractivity contribution in [2.24, 2.45) is 18.9 Å². The van der Waals surface area contributed by atoms with Crippen molar-refractivity contribution in [3.63, 3.8) is 0 Å². The molecule has 1 aromatic carbocycles. The Bertz CT molecular complexity index is 1400. The number of aromatic amines is 1. The Morgan fingerprint density at radius 3 is 2.48 bits per heavy atom. The molecule has 0 bridgehead atoms. The van der Waals surface area contributed by atoms with Gasteiger partial charge in [0.25, 0.3) is 5.91 Å². The largest absolute Gasteiger partial charge is 0.389 e. The number of benzene rings is 1. The van der Waals surface area contributed by atoms with Crippen LogP contribution in [0.2, 0.25) is 0 Å². The minimum atomic E-state index is -4.41. The van der Waals surface area contributed by atoms with E-state index in [0.29, 0.717) is 34.9 Å². The minimum absolute atomic E-state index is 0.207. The molecule has 228 valence electrons. The van der Waals surface area contributed by atoms with Gasteiger partial charge >= 0.3 is 6.18 Å². The molecule has 0 saturated heterocycles. The molecule has 2 atom stereocenters.